The zero-order chi connectivity index (χ0) is 18.9. The van der Waals surface area contributed by atoms with Gasteiger partial charge < -0.3 is 10.3 Å². The van der Waals surface area contributed by atoms with Crippen molar-refractivity contribution in [3.63, 3.8) is 0 Å². The van der Waals surface area contributed by atoms with E-state index >= 15 is 0 Å². The Balaban J connectivity index is 1.58. The molecule has 28 heavy (non-hydrogen) atoms. The van der Waals surface area contributed by atoms with E-state index in [1.165, 1.54) is 34.3 Å². The van der Waals surface area contributed by atoms with E-state index in [4.69, 9.17) is 0 Å². The molecule has 2 heterocycles. The van der Waals surface area contributed by atoms with Gasteiger partial charge in [0.2, 0.25) is 0 Å². The molecule has 0 saturated carbocycles. The molecule has 2 N–H and O–H groups in total. The molecule has 0 amide bonds. The summed E-state index contributed by atoms with van der Waals surface area (Å²) in [4.78, 5) is 3.62. The average Bonchev–Trinajstić information content (AvgIpc) is 3.12. The maximum Gasteiger partial charge on any atom is 0.123 e. The highest BCUT2D eigenvalue weighted by Gasteiger charge is 2.26. The van der Waals surface area contributed by atoms with Gasteiger partial charge in [0.05, 0.1) is 6.04 Å². The highest BCUT2D eigenvalue weighted by Crippen LogP contribution is 2.34. The van der Waals surface area contributed by atoms with Crippen molar-refractivity contribution in [2.45, 2.75) is 12.5 Å². The summed E-state index contributed by atoms with van der Waals surface area (Å²) in [5, 5.41) is 4.95. The zero-order valence-corrected chi connectivity index (χ0v) is 15.3. The summed E-state index contributed by atoms with van der Waals surface area (Å²) in [5.41, 5.74) is 6.74. The molecule has 0 aliphatic carbocycles. The van der Waals surface area contributed by atoms with Gasteiger partial charge in [0, 0.05) is 34.3 Å². The number of rotatable bonds is 1. The van der Waals surface area contributed by atoms with Crippen LogP contribution in [0, 0.1) is 17.7 Å². The number of nitrogens with one attached hydrogen (secondary N) is 2. The van der Waals surface area contributed by atoms with E-state index in [-0.39, 0.29) is 11.9 Å². The molecule has 3 heteroatoms. The molecule has 1 aliphatic rings. The number of hydrogen-bond acceptors (Lipinski definition) is 1. The third-order valence-electron chi connectivity index (χ3n) is 5.32. The maximum atomic E-state index is 13.1. The van der Waals surface area contributed by atoms with Gasteiger partial charge in [-0.05, 0) is 53.9 Å². The summed E-state index contributed by atoms with van der Waals surface area (Å²) in [5.74, 6) is 6.20. The van der Waals surface area contributed by atoms with Gasteiger partial charge in [-0.1, -0.05) is 48.2 Å². The highest BCUT2D eigenvalue weighted by atomic mass is 19.1. The van der Waals surface area contributed by atoms with Crippen LogP contribution < -0.4 is 5.32 Å². The molecule has 4 aromatic rings. The van der Waals surface area contributed by atoms with E-state index in [0.29, 0.717) is 0 Å². The van der Waals surface area contributed by atoms with E-state index in [9.17, 15) is 4.39 Å². The summed E-state index contributed by atoms with van der Waals surface area (Å²) in [6.07, 6.45) is 1.01. The van der Waals surface area contributed by atoms with Gasteiger partial charge >= 0.3 is 0 Å². The summed E-state index contributed by atoms with van der Waals surface area (Å²) in [6.45, 7) is 0.930. The van der Waals surface area contributed by atoms with Crippen molar-refractivity contribution in [3.05, 3.63) is 107 Å². The van der Waals surface area contributed by atoms with Crippen molar-refractivity contribution in [1.29, 1.82) is 0 Å². The van der Waals surface area contributed by atoms with Crippen molar-refractivity contribution in [2.24, 2.45) is 0 Å². The van der Waals surface area contributed by atoms with E-state index in [1.807, 2.05) is 12.1 Å². The monoisotopic (exact) mass is 366 g/mol. The van der Waals surface area contributed by atoms with Crippen molar-refractivity contribution >= 4 is 10.9 Å². The molecule has 1 unspecified atom stereocenters. The minimum atomic E-state index is -0.247. The molecule has 1 aliphatic heterocycles. The van der Waals surface area contributed by atoms with Gasteiger partial charge in [-0.3, -0.25) is 0 Å². The molecular weight excluding hydrogens is 347 g/mol. The Kier molecular flexibility index (Phi) is 4.20. The predicted octanol–water partition coefficient (Wildman–Crippen LogP) is 4.94. The van der Waals surface area contributed by atoms with E-state index in [2.05, 4.69) is 58.5 Å². The van der Waals surface area contributed by atoms with Crippen LogP contribution in [0.1, 0.15) is 34.0 Å². The van der Waals surface area contributed by atoms with Crippen LogP contribution in [0.2, 0.25) is 0 Å². The number of aromatic nitrogens is 1. The fraction of sp³-hybridized carbons (Fsp3) is 0.120. The Bertz CT molecular complexity index is 1210. The summed E-state index contributed by atoms with van der Waals surface area (Å²) >= 11 is 0. The van der Waals surface area contributed by atoms with Crippen molar-refractivity contribution in [3.8, 4) is 11.8 Å². The van der Waals surface area contributed by atoms with Gasteiger partial charge in [0.25, 0.3) is 0 Å². The lowest BCUT2D eigenvalue weighted by Gasteiger charge is -2.25. The van der Waals surface area contributed by atoms with Crippen LogP contribution in [0.3, 0.4) is 0 Å². The molecule has 136 valence electrons. The zero-order valence-electron chi connectivity index (χ0n) is 15.3. The molecule has 3 aromatic carbocycles. The maximum absolute atomic E-state index is 13.1. The van der Waals surface area contributed by atoms with Gasteiger partial charge in [-0.15, -0.1) is 0 Å². The SMILES string of the molecule is Fc1ccc(C#Cc2ccccc2C2NCCc3c2[nH]c2ccccc32)cc1. The number of fused-ring (bicyclic) bond motifs is 3. The number of benzene rings is 3. The first-order chi connectivity index (χ1) is 13.8. The molecule has 0 saturated heterocycles. The average molecular weight is 366 g/mol. The lowest BCUT2D eigenvalue weighted by Crippen LogP contribution is -2.30. The lowest BCUT2D eigenvalue weighted by molar-refractivity contribution is 0.559. The molecular formula is C25H19FN2. The van der Waals surface area contributed by atoms with Crippen LogP contribution in [0.15, 0.2) is 72.8 Å². The van der Waals surface area contributed by atoms with Crippen molar-refractivity contribution in [2.75, 3.05) is 6.54 Å². The van der Waals surface area contributed by atoms with E-state index in [0.717, 1.165) is 29.7 Å². The number of para-hydroxylation sites is 1. The second-order valence-corrected chi connectivity index (χ2v) is 7.04. The van der Waals surface area contributed by atoms with Gasteiger partial charge in [0.1, 0.15) is 5.82 Å². The molecule has 0 fully saturated rings. The molecule has 0 spiro atoms. The third kappa shape index (κ3) is 2.98. The molecule has 5 rings (SSSR count). The standard InChI is InChI=1S/C25H19FN2/c26-19-13-10-17(11-14-19)9-12-18-5-1-2-6-20(18)24-25-22(15-16-27-24)21-7-3-4-8-23(21)28-25/h1-8,10-11,13-14,24,27-28H,15-16H2. The molecule has 1 aromatic heterocycles. The summed E-state index contributed by atoms with van der Waals surface area (Å²) < 4.78 is 13.1. The summed E-state index contributed by atoms with van der Waals surface area (Å²) in [7, 11) is 0. The van der Waals surface area contributed by atoms with Crippen molar-refractivity contribution in [1.82, 2.24) is 10.3 Å². The Morgan fingerprint density at radius 3 is 2.54 bits per heavy atom. The Labute approximate surface area is 163 Å². The fourth-order valence-corrected chi connectivity index (χ4v) is 3.98. The van der Waals surface area contributed by atoms with Gasteiger partial charge in [-0.2, -0.15) is 0 Å². The molecule has 1 atom stereocenters. The molecule has 0 bridgehead atoms. The normalized spacial score (nSPS) is 15.7. The highest BCUT2D eigenvalue weighted by molar-refractivity contribution is 5.85. The summed E-state index contributed by atoms with van der Waals surface area (Å²) in [6, 6.07) is 23.1. The van der Waals surface area contributed by atoms with Crippen LogP contribution in [0.5, 0.6) is 0 Å². The quantitative estimate of drug-likeness (QED) is 0.459. The largest absolute Gasteiger partial charge is 0.357 e. The number of hydrogen-bond donors (Lipinski definition) is 2. The van der Waals surface area contributed by atoms with Crippen LogP contribution in [0.4, 0.5) is 4.39 Å². The minimum absolute atomic E-state index is 0.0786. The number of H-pyrrole nitrogens is 1. The minimum Gasteiger partial charge on any atom is -0.357 e. The van der Waals surface area contributed by atoms with Crippen LogP contribution >= 0.6 is 0 Å². The smallest absolute Gasteiger partial charge is 0.123 e. The molecule has 2 nitrogen and oxygen atoms in total. The van der Waals surface area contributed by atoms with Crippen LogP contribution in [-0.4, -0.2) is 11.5 Å². The van der Waals surface area contributed by atoms with E-state index < -0.39 is 0 Å². The molecule has 0 radical (unpaired) electrons. The fourth-order valence-electron chi connectivity index (χ4n) is 3.98. The van der Waals surface area contributed by atoms with Crippen LogP contribution in [0.25, 0.3) is 10.9 Å². The second-order valence-electron chi connectivity index (χ2n) is 7.04. The first-order valence-electron chi connectivity index (χ1n) is 9.49. The Morgan fingerprint density at radius 2 is 1.64 bits per heavy atom. The van der Waals surface area contributed by atoms with Gasteiger partial charge in [-0.25, -0.2) is 4.39 Å². The van der Waals surface area contributed by atoms with Crippen molar-refractivity contribution < 1.29 is 4.39 Å². The Hall–Kier alpha value is -3.35. The Morgan fingerprint density at radius 1 is 0.857 bits per heavy atom. The van der Waals surface area contributed by atoms with E-state index in [1.54, 1.807) is 12.1 Å². The van der Waals surface area contributed by atoms with Crippen LogP contribution in [-0.2, 0) is 6.42 Å². The predicted molar refractivity (Wildman–Crippen MR) is 111 cm³/mol. The third-order valence-corrected chi connectivity index (χ3v) is 5.32. The second kappa shape index (κ2) is 6.99. The number of aromatic amines is 1. The first-order valence-corrected chi connectivity index (χ1v) is 9.49. The number of halogens is 1. The first kappa shape index (κ1) is 16.8. The lowest BCUT2D eigenvalue weighted by atomic mass is 9.91. The topological polar surface area (TPSA) is 27.8 Å². The van der Waals surface area contributed by atoms with Gasteiger partial charge in [0.15, 0.2) is 0 Å².